The third-order valence-electron chi connectivity index (χ3n) is 3.02. The average molecular weight is 297 g/mol. The number of benzene rings is 1. The van der Waals surface area contributed by atoms with Crippen LogP contribution in [-0.4, -0.2) is 49.4 Å². The molecule has 1 atom stereocenters. The van der Waals surface area contributed by atoms with Crippen molar-refractivity contribution in [2.24, 2.45) is 5.92 Å². The van der Waals surface area contributed by atoms with E-state index < -0.39 is 5.38 Å². The molecule has 20 heavy (non-hydrogen) atoms. The molecule has 0 aliphatic rings. The molecule has 0 aliphatic carbocycles. The summed E-state index contributed by atoms with van der Waals surface area (Å²) in [6, 6.07) is 9.54. The van der Waals surface area contributed by atoms with Crippen molar-refractivity contribution in [2.45, 2.75) is 19.2 Å². The van der Waals surface area contributed by atoms with Crippen molar-refractivity contribution < 1.29 is 4.79 Å². The zero-order valence-electron chi connectivity index (χ0n) is 12.8. The molecule has 0 aliphatic heterocycles. The van der Waals surface area contributed by atoms with Gasteiger partial charge in [0.15, 0.2) is 0 Å². The zero-order valence-corrected chi connectivity index (χ0v) is 13.6. The summed E-state index contributed by atoms with van der Waals surface area (Å²) in [7, 11) is 4.01. The lowest BCUT2D eigenvalue weighted by atomic mass is 10.1. The predicted octanol–water partition coefficient (Wildman–Crippen LogP) is 3.01. The zero-order chi connectivity index (χ0) is 15.1. The van der Waals surface area contributed by atoms with Gasteiger partial charge in [0.25, 0.3) is 0 Å². The number of likely N-dealkylation sites (N-methyl/N-ethyl adjacent to an activating group) is 1. The van der Waals surface area contributed by atoms with E-state index in [-0.39, 0.29) is 5.91 Å². The predicted molar refractivity (Wildman–Crippen MR) is 85.0 cm³/mol. The van der Waals surface area contributed by atoms with Crippen LogP contribution < -0.4 is 0 Å². The highest BCUT2D eigenvalue weighted by atomic mass is 35.5. The molecule has 0 radical (unpaired) electrons. The minimum absolute atomic E-state index is 0.00610. The molecular weight excluding hydrogens is 272 g/mol. The molecule has 0 spiro atoms. The summed E-state index contributed by atoms with van der Waals surface area (Å²) in [5.41, 5.74) is 0.859. The summed E-state index contributed by atoms with van der Waals surface area (Å²) in [6.45, 7) is 6.52. The van der Waals surface area contributed by atoms with Crippen LogP contribution in [0.2, 0.25) is 0 Å². The van der Waals surface area contributed by atoms with E-state index in [1.807, 2.05) is 49.3 Å². The molecule has 3 nitrogen and oxygen atoms in total. The second-order valence-corrected chi connectivity index (χ2v) is 6.19. The molecule has 0 saturated heterocycles. The van der Waals surface area contributed by atoms with Crippen molar-refractivity contribution in [3.05, 3.63) is 35.9 Å². The van der Waals surface area contributed by atoms with Gasteiger partial charge in [0, 0.05) is 19.6 Å². The number of alkyl halides is 1. The summed E-state index contributed by atoms with van der Waals surface area (Å²) in [5, 5.41) is -0.600. The number of amides is 1. The fourth-order valence-corrected chi connectivity index (χ4v) is 2.26. The molecule has 1 unspecified atom stereocenters. The van der Waals surface area contributed by atoms with Crippen molar-refractivity contribution in [3.63, 3.8) is 0 Å². The summed E-state index contributed by atoms with van der Waals surface area (Å²) < 4.78 is 0. The number of carbonyl (C=O) groups excluding carboxylic acids is 1. The van der Waals surface area contributed by atoms with Gasteiger partial charge in [0.1, 0.15) is 5.38 Å². The van der Waals surface area contributed by atoms with Crippen LogP contribution in [0.15, 0.2) is 30.3 Å². The average Bonchev–Trinajstić information content (AvgIpc) is 2.42. The fourth-order valence-electron chi connectivity index (χ4n) is 1.98. The number of hydrogen-bond donors (Lipinski definition) is 0. The molecule has 0 saturated carbocycles. The van der Waals surface area contributed by atoms with Crippen LogP contribution in [0.3, 0.4) is 0 Å². The van der Waals surface area contributed by atoms with E-state index in [1.54, 1.807) is 0 Å². The lowest BCUT2D eigenvalue weighted by molar-refractivity contribution is -0.131. The Morgan fingerprint density at radius 2 is 1.75 bits per heavy atom. The molecule has 0 bridgehead atoms. The lowest BCUT2D eigenvalue weighted by Gasteiger charge is -2.28. The molecule has 1 rings (SSSR count). The van der Waals surface area contributed by atoms with Crippen LogP contribution in [0.5, 0.6) is 0 Å². The van der Waals surface area contributed by atoms with Gasteiger partial charge in [-0.05, 0) is 25.6 Å². The molecule has 112 valence electrons. The Morgan fingerprint density at radius 3 is 2.25 bits per heavy atom. The first-order valence-corrected chi connectivity index (χ1v) is 7.48. The first-order chi connectivity index (χ1) is 9.41. The first-order valence-electron chi connectivity index (χ1n) is 7.04. The summed E-state index contributed by atoms with van der Waals surface area (Å²) in [4.78, 5) is 16.5. The number of carbonyl (C=O) groups is 1. The summed E-state index contributed by atoms with van der Waals surface area (Å²) in [6.07, 6.45) is 0. The van der Waals surface area contributed by atoms with Crippen molar-refractivity contribution in [3.8, 4) is 0 Å². The van der Waals surface area contributed by atoms with Crippen LogP contribution in [0, 0.1) is 5.92 Å². The van der Waals surface area contributed by atoms with Gasteiger partial charge in [-0.3, -0.25) is 4.79 Å². The topological polar surface area (TPSA) is 23.6 Å². The van der Waals surface area contributed by atoms with Crippen molar-refractivity contribution in [2.75, 3.05) is 33.7 Å². The maximum atomic E-state index is 12.6. The van der Waals surface area contributed by atoms with Crippen LogP contribution in [0.4, 0.5) is 0 Å². The van der Waals surface area contributed by atoms with Gasteiger partial charge in [-0.1, -0.05) is 44.2 Å². The van der Waals surface area contributed by atoms with Crippen LogP contribution in [0.1, 0.15) is 24.8 Å². The van der Waals surface area contributed by atoms with Gasteiger partial charge in [0.2, 0.25) is 5.91 Å². The van der Waals surface area contributed by atoms with E-state index in [4.69, 9.17) is 11.6 Å². The second-order valence-electron chi connectivity index (χ2n) is 5.75. The van der Waals surface area contributed by atoms with Gasteiger partial charge in [-0.25, -0.2) is 0 Å². The molecule has 1 amide bonds. The van der Waals surface area contributed by atoms with Gasteiger partial charge in [-0.2, -0.15) is 0 Å². The smallest absolute Gasteiger partial charge is 0.245 e. The standard InChI is InChI=1S/C16H25ClN2O/c1-13(2)12-19(11-10-18(3)4)16(20)15(17)14-8-6-5-7-9-14/h5-9,13,15H,10-12H2,1-4H3. The maximum Gasteiger partial charge on any atom is 0.245 e. The lowest BCUT2D eigenvalue weighted by Crippen LogP contribution is -2.40. The van der Waals surface area contributed by atoms with E-state index >= 15 is 0 Å². The molecule has 1 aromatic carbocycles. The highest BCUT2D eigenvalue weighted by molar-refractivity contribution is 6.30. The Kier molecular flexibility index (Phi) is 7.03. The van der Waals surface area contributed by atoms with Gasteiger partial charge in [-0.15, -0.1) is 11.6 Å². The molecule has 0 fully saturated rings. The highest BCUT2D eigenvalue weighted by Crippen LogP contribution is 2.23. The van der Waals surface area contributed by atoms with E-state index in [9.17, 15) is 4.79 Å². The fraction of sp³-hybridized carbons (Fsp3) is 0.562. The summed E-state index contributed by atoms with van der Waals surface area (Å²) >= 11 is 6.35. The largest absolute Gasteiger partial charge is 0.340 e. The Bertz CT molecular complexity index is 406. The van der Waals surface area contributed by atoms with Gasteiger partial charge < -0.3 is 9.80 Å². The van der Waals surface area contributed by atoms with E-state index in [1.165, 1.54) is 0 Å². The minimum Gasteiger partial charge on any atom is -0.340 e. The minimum atomic E-state index is -0.600. The Balaban J connectivity index is 2.75. The van der Waals surface area contributed by atoms with Crippen molar-refractivity contribution in [1.29, 1.82) is 0 Å². The number of rotatable bonds is 7. The molecule has 0 N–H and O–H groups in total. The highest BCUT2D eigenvalue weighted by Gasteiger charge is 2.24. The summed E-state index contributed by atoms with van der Waals surface area (Å²) in [5.74, 6) is 0.425. The van der Waals surface area contributed by atoms with E-state index in [2.05, 4.69) is 18.7 Å². The second kappa shape index (κ2) is 8.28. The molecule has 4 heteroatoms. The maximum absolute atomic E-state index is 12.6. The van der Waals surface area contributed by atoms with Crippen LogP contribution in [-0.2, 0) is 4.79 Å². The van der Waals surface area contributed by atoms with Crippen LogP contribution >= 0.6 is 11.6 Å². The van der Waals surface area contributed by atoms with Gasteiger partial charge >= 0.3 is 0 Å². The van der Waals surface area contributed by atoms with Crippen LogP contribution in [0.25, 0.3) is 0 Å². The Labute approximate surface area is 127 Å². The number of hydrogen-bond acceptors (Lipinski definition) is 2. The Morgan fingerprint density at radius 1 is 1.15 bits per heavy atom. The monoisotopic (exact) mass is 296 g/mol. The van der Waals surface area contributed by atoms with Crippen molar-refractivity contribution >= 4 is 17.5 Å². The molecular formula is C16H25ClN2O. The SMILES string of the molecule is CC(C)CN(CCN(C)C)C(=O)C(Cl)c1ccccc1. The number of nitrogens with zero attached hydrogens (tertiary/aromatic N) is 2. The molecule has 0 aromatic heterocycles. The molecule has 0 heterocycles. The third kappa shape index (κ3) is 5.51. The van der Waals surface area contributed by atoms with Crippen molar-refractivity contribution in [1.82, 2.24) is 9.80 Å². The van der Waals surface area contributed by atoms with E-state index in [0.717, 1.165) is 18.7 Å². The third-order valence-corrected chi connectivity index (χ3v) is 3.46. The number of halogens is 1. The first kappa shape index (κ1) is 17.0. The Hall–Kier alpha value is -1.06. The molecule has 1 aromatic rings. The normalized spacial score (nSPS) is 12.8. The quantitative estimate of drug-likeness (QED) is 0.722. The van der Waals surface area contributed by atoms with Gasteiger partial charge in [0.05, 0.1) is 0 Å². The van der Waals surface area contributed by atoms with E-state index in [0.29, 0.717) is 12.5 Å².